The third-order valence-corrected chi connectivity index (χ3v) is 5.18. The van der Waals surface area contributed by atoms with E-state index in [1.165, 1.54) is 5.56 Å². The van der Waals surface area contributed by atoms with Crippen LogP contribution in [0.4, 0.5) is 0 Å². The van der Waals surface area contributed by atoms with Crippen LogP contribution in [0.15, 0.2) is 42.2 Å². The topological polar surface area (TPSA) is 67.8 Å². The number of hydrogen-bond acceptors (Lipinski definition) is 4. The molecule has 0 saturated carbocycles. The van der Waals surface area contributed by atoms with Gasteiger partial charge in [0.05, 0.1) is 0 Å². The van der Waals surface area contributed by atoms with E-state index in [0.717, 1.165) is 12.8 Å². The average molecular weight is 390 g/mol. The van der Waals surface area contributed by atoms with Gasteiger partial charge in [0.2, 0.25) is 6.29 Å². The number of hydrogen-bond donors (Lipinski definition) is 2. The normalized spacial score (nSPS) is 22.3. The maximum atomic E-state index is 12.7. The largest absolute Gasteiger partial charge is 0.459 e. The van der Waals surface area contributed by atoms with Crippen LogP contribution in [0.2, 0.25) is 0 Å². The summed E-state index contributed by atoms with van der Waals surface area (Å²) in [5.41, 5.74) is 1.14. The first-order valence-corrected chi connectivity index (χ1v) is 10.3. The number of aliphatic hydroxyl groups is 1. The van der Waals surface area contributed by atoms with Gasteiger partial charge in [-0.25, -0.2) is 0 Å². The molecule has 1 aromatic rings. The fourth-order valence-electron chi connectivity index (χ4n) is 3.75. The van der Waals surface area contributed by atoms with E-state index in [1.54, 1.807) is 0 Å². The van der Waals surface area contributed by atoms with Crippen molar-refractivity contribution in [3.8, 4) is 0 Å². The van der Waals surface area contributed by atoms with Crippen LogP contribution in [-0.4, -0.2) is 37.1 Å². The lowest BCUT2D eigenvalue weighted by atomic mass is 9.70. The van der Waals surface area contributed by atoms with E-state index in [4.69, 9.17) is 9.47 Å². The molecule has 28 heavy (non-hydrogen) atoms. The van der Waals surface area contributed by atoms with Gasteiger partial charge in [0.25, 0.3) is 5.91 Å². The Hall–Kier alpha value is -1.85. The van der Waals surface area contributed by atoms with Gasteiger partial charge in [-0.2, -0.15) is 0 Å². The summed E-state index contributed by atoms with van der Waals surface area (Å²) >= 11 is 0. The van der Waals surface area contributed by atoms with E-state index in [-0.39, 0.29) is 29.8 Å². The molecule has 0 bridgehead atoms. The predicted octanol–water partition coefficient (Wildman–Crippen LogP) is 3.67. The van der Waals surface area contributed by atoms with Crippen molar-refractivity contribution < 1.29 is 19.4 Å². The number of ether oxygens (including phenoxy) is 2. The van der Waals surface area contributed by atoms with Crippen molar-refractivity contribution >= 4 is 5.91 Å². The van der Waals surface area contributed by atoms with E-state index in [1.807, 2.05) is 31.2 Å². The highest BCUT2D eigenvalue weighted by atomic mass is 16.7. The predicted molar refractivity (Wildman–Crippen MR) is 110 cm³/mol. The molecular weight excluding hydrogens is 354 g/mol. The number of allylic oxidation sites excluding steroid dienone is 1. The minimum Gasteiger partial charge on any atom is -0.459 e. The summed E-state index contributed by atoms with van der Waals surface area (Å²) < 4.78 is 11.8. The lowest BCUT2D eigenvalue weighted by molar-refractivity contribution is -0.179. The minimum atomic E-state index is -0.472. The quantitative estimate of drug-likeness (QED) is 0.676. The number of carbonyl (C=O) groups excluding carboxylic acids is 1. The summed E-state index contributed by atoms with van der Waals surface area (Å²) in [4.78, 5) is 12.7. The van der Waals surface area contributed by atoms with Crippen LogP contribution in [0.3, 0.4) is 0 Å². The first-order chi connectivity index (χ1) is 13.4. The van der Waals surface area contributed by atoms with Crippen molar-refractivity contribution in [3.63, 3.8) is 0 Å². The Morgan fingerprint density at radius 3 is 2.57 bits per heavy atom. The Balaban J connectivity index is 2.10. The van der Waals surface area contributed by atoms with Crippen molar-refractivity contribution in [2.24, 2.45) is 17.3 Å². The molecule has 0 saturated heterocycles. The summed E-state index contributed by atoms with van der Waals surface area (Å²) in [5, 5.41) is 12.2. The highest BCUT2D eigenvalue weighted by molar-refractivity contribution is 5.91. The standard InChI is InChI=1S/C23H35NO4/c1-5-27-22-18(12-9-15-25)19(23(2,3)4)16-20(28-22)21(26)24-14-13-17-10-7-6-8-11-17/h6-8,10-11,16,18-19,22,25H,5,9,12-15H2,1-4H3,(H,24,26)/t18-,19-,22+/m1/s1. The summed E-state index contributed by atoms with van der Waals surface area (Å²) in [5.74, 6) is 0.370. The Morgan fingerprint density at radius 2 is 1.96 bits per heavy atom. The fourth-order valence-corrected chi connectivity index (χ4v) is 3.75. The zero-order valence-corrected chi connectivity index (χ0v) is 17.6. The van der Waals surface area contributed by atoms with Crippen LogP contribution >= 0.6 is 0 Å². The molecule has 1 amide bonds. The molecule has 0 spiro atoms. The average Bonchev–Trinajstić information content (AvgIpc) is 2.66. The van der Waals surface area contributed by atoms with Crippen LogP contribution < -0.4 is 5.32 Å². The van der Waals surface area contributed by atoms with Gasteiger partial charge in [-0.3, -0.25) is 4.79 Å². The Bertz CT molecular complexity index is 636. The third-order valence-electron chi connectivity index (χ3n) is 5.18. The molecular formula is C23H35NO4. The zero-order valence-electron chi connectivity index (χ0n) is 17.6. The van der Waals surface area contributed by atoms with Gasteiger partial charge < -0.3 is 19.9 Å². The van der Waals surface area contributed by atoms with E-state index in [9.17, 15) is 9.90 Å². The van der Waals surface area contributed by atoms with E-state index >= 15 is 0 Å². The molecule has 1 aromatic carbocycles. The summed E-state index contributed by atoms with van der Waals surface area (Å²) in [7, 11) is 0. The monoisotopic (exact) mass is 389 g/mol. The molecule has 5 heteroatoms. The summed E-state index contributed by atoms with van der Waals surface area (Å²) in [6.45, 7) is 9.63. The van der Waals surface area contributed by atoms with E-state index in [2.05, 4.69) is 38.2 Å². The molecule has 156 valence electrons. The molecule has 1 aliphatic rings. The second-order valence-electron chi connectivity index (χ2n) is 8.39. The van der Waals surface area contributed by atoms with Crippen LogP contribution in [0, 0.1) is 17.3 Å². The van der Waals surface area contributed by atoms with Crippen LogP contribution in [-0.2, 0) is 20.7 Å². The van der Waals surface area contributed by atoms with Crippen LogP contribution in [0.25, 0.3) is 0 Å². The molecule has 3 atom stereocenters. The molecule has 0 aromatic heterocycles. The van der Waals surface area contributed by atoms with Crippen molar-refractivity contribution in [2.75, 3.05) is 19.8 Å². The molecule has 0 fully saturated rings. The lowest BCUT2D eigenvalue weighted by Gasteiger charge is -2.42. The number of benzene rings is 1. The van der Waals surface area contributed by atoms with Gasteiger partial charge in [0.1, 0.15) is 0 Å². The van der Waals surface area contributed by atoms with Crippen molar-refractivity contribution in [3.05, 3.63) is 47.7 Å². The van der Waals surface area contributed by atoms with Gasteiger partial charge in [0.15, 0.2) is 5.76 Å². The molecule has 0 aliphatic carbocycles. The SMILES string of the molecule is CCO[C@H]1OC(C(=O)NCCc2ccccc2)=C[C@@H](C(C)(C)C)[C@H]1CCCO. The fraction of sp³-hybridized carbons (Fsp3) is 0.609. The third kappa shape index (κ3) is 6.35. The molecule has 2 rings (SSSR count). The highest BCUT2D eigenvalue weighted by Crippen LogP contribution is 2.42. The number of nitrogens with one attached hydrogen (secondary N) is 1. The maximum Gasteiger partial charge on any atom is 0.286 e. The molecule has 2 N–H and O–H groups in total. The second kappa shape index (κ2) is 10.6. The maximum absolute atomic E-state index is 12.7. The molecule has 0 radical (unpaired) electrons. The van der Waals surface area contributed by atoms with Gasteiger partial charge in [-0.05, 0) is 49.2 Å². The van der Waals surface area contributed by atoms with Gasteiger partial charge >= 0.3 is 0 Å². The first-order valence-electron chi connectivity index (χ1n) is 10.3. The van der Waals surface area contributed by atoms with E-state index in [0.29, 0.717) is 25.3 Å². The number of amides is 1. The summed E-state index contributed by atoms with van der Waals surface area (Å²) in [6.07, 6.45) is 3.74. The first kappa shape index (κ1) is 22.4. The molecule has 5 nitrogen and oxygen atoms in total. The molecule has 1 aliphatic heterocycles. The highest BCUT2D eigenvalue weighted by Gasteiger charge is 2.42. The van der Waals surface area contributed by atoms with Gasteiger partial charge in [-0.1, -0.05) is 51.1 Å². The second-order valence-corrected chi connectivity index (χ2v) is 8.39. The number of rotatable bonds is 9. The van der Waals surface area contributed by atoms with Gasteiger partial charge in [0, 0.05) is 25.7 Å². The van der Waals surface area contributed by atoms with Crippen molar-refractivity contribution in [1.29, 1.82) is 0 Å². The number of aliphatic hydroxyl groups excluding tert-OH is 1. The molecule has 0 unspecified atom stereocenters. The number of carbonyl (C=O) groups is 1. The Morgan fingerprint density at radius 1 is 1.25 bits per heavy atom. The molecule has 1 heterocycles. The van der Waals surface area contributed by atoms with Crippen LogP contribution in [0.1, 0.15) is 46.1 Å². The van der Waals surface area contributed by atoms with Crippen LogP contribution in [0.5, 0.6) is 0 Å². The summed E-state index contributed by atoms with van der Waals surface area (Å²) in [6, 6.07) is 10.1. The van der Waals surface area contributed by atoms with Crippen molar-refractivity contribution in [1.82, 2.24) is 5.32 Å². The Kier molecular flexibility index (Phi) is 8.52. The smallest absolute Gasteiger partial charge is 0.286 e. The van der Waals surface area contributed by atoms with Gasteiger partial charge in [-0.15, -0.1) is 0 Å². The van der Waals surface area contributed by atoms with E-state index < -0.39 is 6.29 Å². The zero-order chi connectivity index (χ0) is 20.6. The van der Waals surface area contributed by atoms with Crippen molar-refractivity contribution in [2.45, 2.75) is 53.2 Å². The lowest BCUT2D eigenvalue weighted by Crippen LogP contribution is -2.43. The Labute approximate surface area is 169 Å². The minimum absolute atomic E-state index is 0.0468.